The number of halogens is 1. The van der Waals surface area contributed by atoms with Crippen molar-refractivity contribution in [3.8, 4) is 11.3 Å². The first-order valence-electron chi connectivity index (χ1n) is 12.6. The van der Waals surface area contributed by atoms with Gasteiger partial charge in [-0.2, -0.15) is 0 Å². The fourth-order valence-electron chi connectivity index (χ4n) is 5.41. The largest absolute Gasteiger partial charge is 0.371 e. The average Bonchev–Trinajstić information content (AvgIpc) is 3.28. The highest BCUT2D eigenvalue weighted by Crippen LogP contribution is 2.30. The molecule has 6 heteroatoms. The van der Waals surface area contributed by atoms with Gasteiger partial charge in [-0.25, -0.2) is 4.39 Å². The van der Waals surface area contributed by atoms with Crippen LogP contribution in [0, 0.1) is 11.7 Å². The van der Waals surface area contributed by atoms with Gasteiger partial charge in [0.15, 0.2) is 0 Å². The molecule has 0 radical (unpaired) electrons. The third kappa shape index (κ3) is 4.97. The maximum Gasteiger partial charge on any atom is 0.223 e. The van der Waals surface area contributed by atoms with Gasteiger partial charge in [0.05, 0.1) is 0 Å². The Kier molecular flexibility index (Phi) is 6.59. The minimum atomic E-state index is -0.222. The van der Waals surface area contributed by atoms with Crippen molar-refractivity contribution in [3.05, 3.63) is 54.3 Å². The van der Waals surface area contributed by atoms with Gasteiger partial charge in [-0.05, 0) is 81.5 Å². The lowest BCUT2D eigenvalue weighted by Gasteiger charge is -2.37. The number of aromatic amines is 1. The highest BCUT2D eigenvalue weighted by Gasteiger charge is 2.28. The predicted octanol–water partition coefficient (Wildman–Crippen LogP) is 5.18. The molecule has 5 nitrogen and oxygen atoms in total. The van der Waals surface area contributed by atoms with Crippen LogP contribution in [0.4, 0.5) is 10.1 Å². The number of amides is 1. The SMILES string of the molecule is CC(C)N1CCC(NC(=O)C2CCN(c3cccc(-c4cc5cc(F)ccc5[nH]4)c3)CC2)CC1. The molecule has 2 N–H and O–H groups in total. The monoisotopic (exact) mass is 462 g/mol. The van der Waals surface area contributed by atoms with Crippen LogP contribution in [0.25, 0.3) is 22.2 Å². The van der Waals surface area contributed by atoms with Crippen molar-refractivity contribution in [1.29, 1.82) is 0 Å². The van der Waals surface area contributed by atoms with Gasteiger partial charge in [-0.3, -0.25) is 4.79 Å². The van der Waals surface area contributed by atoms with E-state index in [2.05, 4.69) is 58.2 Å². The fourth-order valence-corrected chi connectivity index (χ4v) is 5.41. The van der Waals surface area contributed by atoms with Crippen molar-refractivity contribution in [3.63, 3.8) is 0 Å². The summed E-state index contributed by atoms with van der Waals surface area (Å²) in [5.41, 5.74) is 4.17. The fraction of sp³-hybridized carbons (Fsp3) is 0.464. The first kappa shape index (κ1) is 22.9. The van der Waals surface area contributed by atoms with Gasteiger partial charge in [0.1, 0.15) is 5.82 Å². The minimum absolute atomic E-state index is 0.103. The zero-order chi connectivity index (χ0) is 23.7. The summed E-state index contributed by atoms with van der Waals surface area (Å²) >= 11 is 0. The topological polar surface area (TPSA) is 51.4 Å². The Morgan fingerprint density at radius 3 is 2.50 bits per heavy atom. The first-order valence-corrected chi connectivity index (χ1v) is 12.6. The first-order chi connectivity index (χ1) is 16.5. The zero-order valence-corrected chi connectivity index (χ0v) is 20.2. The van der Waals surface area contributed by atoms with Crippen molar-refractivity contribution in [2.75, 3.05) is 31.1 Å². The summed E-state index contributed by atoms with van der Waals surface area (Å²) in [5.74, 6) is 0.118. The number of hydrogen-bond acceptors (Lipinski definition) is 3. The molecule has 2 fully saturated rings. The highest BCUT2D eigenvalue weighted by molar-refractivity contribution is 5.86. The maximum absolute atomic E-state index is 13.6. The maximum atomic E-state index is 13.6. The van der Waals surface area contributed by atoms with Crippen molar-refractivity contribution in [2.24, 2.45) is 5.92 Å². The number of carbonyl (C=O) groups excluding carboxylic acids is 1. The molecule has 180 valence electrons. The summed E-state index contributed by atoms with van der Waals surface area (Å²) in [6, 6.07) is 16.2. The van der Waals surface area contributed by atoms with Crippen molar-refractivity contribution >= 4 is 22.5 Å². The second-order valence-corrected chi connectivity index (χ2v) is 10.1. The van der Waals surface area contributed by atoms with Crippen LogP contribution in [-0.4, -0.2) is 54.1 Å². The number of hydrogen-bond donors (Lipinski definition) is 2. The molecule has 34 heavy (non-hydrogen) atoms. The summed E-state index contributed by atoms with van der Waals surface area (Å²) in [4.78, 5) is 21.2. The van der Waals surface area contributed by atoms with E-state index in [1.807, 2.05) is 6.07 Å². The van der Waals surface area contributed by atoms with Crippen molar-refractivity contribution in [1.82, 2.24) is 15.2 Å². The van der Waals surface area contributed by atoms with Gasteiger partial charge in [-0.1, -0.05) is 12.1 Å². The molecule has 3 aromatic rings. The molecule has 0 atom stereocenters. The number of aromatic nitrogens is 1. The van der Waals surface area contributed by atoms with Gasteiger partial charge in [0, 0.05) is 66.5 Å². The third-order valence-corrected chi connectivity index (χ3v) is 7.58. The standard InChI is InChI=1S/C28H35FN4O/c1-19(2)32-14-10-24(11-15-32)30-28(34)20-8-12-33(13-9-20)25-5-3-4-21(17-25)27-18-22-16-23(29)6-7-26(22)31-27/h3-7,16-20,24,31H,8-15H2,1-2H3,(H,30,34). The van der Waals surface area contributed by atoms with Crippen LogP contribution in [0.1, 0.15) is 39.5 Å². The summed E-state index contributed by atoms with van der Waals surface area (Å²) in [5, 5.41) is 4.21. The van der Waals surface area contributed by atoms with Crippen molar-refractivity contribution in [2.45, 2.75) is 51.6 Å². The molecule has 1 amide bonds. The van der Waals surface area contributed by atoms with E-state index in [4.69, 9.17) is 0 Å². The highest BCUT2D eigenvalue weighted by atomic mass is 19.1. The number of piperidine rings is 2. The molecule has 2 aromatic carbocycles. The number of benzene rings is 2. The molecule has 2 aliphatic heterocycles. The van der Waals surface area contributed by atoms with Crippen LogP contribution in [-0.2, 0) is 4.79 Å². The predicted molar refractivity (Wildman–Crippen MR) is 137 cm³/mol. The molecule has 2 saturated heterocycles. The molecule has 0 bridgehead atoms. The van der Waals surface area contributed by atoms with Gasteiger partial charge in [-0.15, -0.1) is 0 Å². The molecule has 1 aromatic heterocycles. The number of carbonyl (C=O) groups is 1. The van der Waals surface area contributed by atoms with E-state index in [1.54, 1.807) is 12.1 Å². The number of likely N-dealkylation sites (tertiary alicyclic amines) is 1. The van der Waals surface area contributed by atoms with E-state index in [9.17, 15) is 9.18 Å². The second kappa shape index (κ2) is 9.79. The van der Waals surface area contributed by atoms with E-state index in [1.165, 1.54) is 11.8 Å². The number of nitrogens with one attached hydrogen (secondary N) is 2. The van der Waals surface area contributed by atoms with Crippen LogP contribution in [0.2, 0.25) is 0 Å². The second-order valence-electron chi connectivity index (χ2n) is 10.1. The van der Waals surface area contributed by atoms with Crippen LogP contribution in [0.15, 0.2) is 48.5 Å². The lowest BCUT2D eigenvalue weighted by molar-refractivity contribution is -0.126. The normalized spacial score (nSPS) is 18.6. The lowest BCUT2D eigenvalue weighted by atomic mass is 9.94. The summed E-state index contributed by atoms with van der Waals surface area (Å²) in [6.45, 7) is 8.38. The number of fused-ring (bicyclic) bond motifs is 1. The summed E-state index contributed by atoms with van der Waals surface area (Å²) in [7, 11) is 0. The third-order valence-electron chi connectivity index (χ3n) is 7.58. The van der Waals surface area contributed by atoms with Gasteiger partial charge in [0.2, 0.25) is 5.91 Å². The van der Waals surface area contributed by atoms with Crippen LogP contribution in [0.5, 0.6) is 0 Å². The molecule has 5 rings (SSSR count). The smallest absolute Gasteiger partial charge is 0.223 e. The van der Waals surface area contributed by atoms with Crippen LogP contribution < -0.4 is 10.2 Å². The van der Waals surface area contributed by atoms with E-state index >= 15 is 0 Å². The van der Waals surface area contributed by atoms with E-state index in [0.29, 0.717) is 12.1 Å². The lowest BCUT2D eigenvalue weighted by Crippen LogP contribution is -2.49. The van der Waals surface area contributed by atoms with Gasteiger partial charge < -0.3 is 20.1 Å². The number of nitrogens with zero attached hydrogens (tertiary/aromatic N) is 2. The molecular weight excluding hydrogens is 427 g/mol. The Morgan fingerprint density at radius 2 is 1.76 bits per heavy atom. The quantitative estimate of drug-likeness (QED) is 0.549. The Bertz CT molecular complexity index is 1140. The number of H-pyrrole nitrogens is 1. The molecule has 0 spiro atoms. The molecule has 2 aliphatic rings. The van der Waals surface area contributed by atoms with E-state index < -0.39 is 0 Å². The Hall–Kier alpha value is -2.86. The van der Waals surface area contributed by atoms with E-state index in [0.717, 1.165) is 74.0 Å². The average molecular weight is 463 g/mol. The van der Waals surface area contributed by atoms with Crippen molar-refractivity contribution < 1.29 is 9.18 Å². The molecule has 3 heterocycles. The summed E-state index contributed by atoms with van der Waals surface area (Å²) in [6.07, 6.45) is 3.87. The van der Waals surface area contributed by atoms with Gasteiger partial charge >= 0.3 is 0 Å². The zero-order valence-electron chi connectivity index (χ0n) is 20.2. The van der Waals surface area contributed by atoms with Crippen LogP contribution in [0.3, 0.4) is 0 Å². The molecule has 0 aliphatic carbocycles. The molecule has 0 saturated carbocycles. The molecular formula is C28H35FN4O. The van der Waals surface area contributed by atoms with E-state index in [-0.39, 0.29) is 17.6 Å². The molecule has 0 unspecified atom stereocenters. The Labute approximate surface area is 201 Å². The summed E-state index contributed by atoms with van der Waals surface area (Å²) < 4.78 is 13.6. The van der Waals surface area contributed by atoms with Crippen LogP contribution >= 0.6 is 0 Å². The Morgan fingerprint density at radius 1 is 1.00 bits per heavy atom. The number of anilines is 1. The van der Waals surface area contributed by atoms with Gasteiger partial charge in [0.25, 0.3) is 0 Å². The Balaban J connectivity index is 1.17. The number of rotatable bonds is 5. The minimum Gasteiger partial charge on any atom is -0.371 e.